The van der Waals surface area contributed by atoms with E-state index in [9.17, 15) is 87.5 Å². The molecule has 0 radical (unpaired) electrons. The Morgan fingerprint density at radius 2 is 1.17 bits per heavy atom. The van der Waals surface area contributed by atoms with Crippen LogP contribution in [0.1, 0.15) is 93.0 Å². The maximum absolute atomic E-state index is 14.3. The van der Waals surface area contributed by atoms with Crippen LogP contribution >= 0.6 is 33.8 Å². The Bertz CT molecular complexity index is 4070. The molecule has 103 heavy (non-hydrogen) atoms. The molecule has 550 valence electrons. The number of aromatic nitrogens is 1. The number of hydrogen-bond donors (Lipinski definition) is 14. The molecule has 0 fully saturated rings. The molecule has 1 aromatic heterocycles. The van der Waals surface area contributed by atoms with E-state index in [0.29, 0.717) is 16.8 Å². The van der Waals surface area contributed by atoms with Crippen molar-refractivity contribution in [1.29, 1.82) is 0 Å². The summed E-state index contributed by atoms with van der Waals surface area (Å²) in [7, 11) is 1.93. The minimum absolute atomic E-state index is 0.0248. The SMILES string of the molecule is CC[C@@]1(OC(=O)OCCSSC[C@H](NC(=O)[C@H](CC(=O)O)NC(=O)[C@@H](N)CNC(=O)[C@H](Cc2ccccc2)NC(=O)[C@H](Cc2ccccc2)NC(=O)CCC(C)NC(=O)CC[C@H](NC(=S)N[C@@H](CCC(=O)O)C(=O)O)C(=O)O)C(=O)O)C(=O)OCc2c1cc1n(c2=O)Cc2cc3ccccc3cc2-1. The van der Waals surface area contributed by atoms with Crippen LogP contribution in [-0.2, 0) is 103 Å². The summed E-state index contributed by atoms with van der Waals surface area (Å²) < 4.78 is 18.0. The van der Waals surface area contributed by atoms with Gasteiger partial charge in [0.15, 0.2) is 5.11 Å². The fourth-order valence-electron chi connectivity index (χ4n) is 11.1. The molecule has 32 nitrogen and oxygen atoms in total. The number of carbonyl (C=O) groups is 13. The third-order valence-corrected chi connectivity index (χ3v) is 19.2. The van der Waals surface area contributed by atoms with Crippen molar-refractivity contribution in [2.75, 3.05) is 24.7 Å². The second kappa shape index (κ2) is 37.9. The van der Waals surface area contributed by atoms with Gasteiger partial charge in [-0.2, -0.15) is 0 Å². The fourth-order valence-corrected chi connectivity index (χ4v) is 13.4. The summed E-state index contributed by atoms with van der Waals surface area (Å²) in [6, 6.07) is 18.8. The van der Waals surface area contributed by atoms with Gasteiger partial charge in [0, 0.05) is 67.3 Å². The number of rotatable bonds is 39. The van der Waals surface area contributed by atoms with Crippen LogP contribution in [0.25, 0.3) is 22.0 Å². The number of aliphatic carboxylic acids is 5. The summed E-state index contributed by atoms with van der Waals surface area (Å²) in [6.45, 7) is 2.13. The monoisotopic (exact) mass is 1480 g/mol. The Labute approximate surface area is 601 Å². The Balaban J connectivity index is 0.885. The number of ether oxygens (including phenoxy) is 3. The number of fused-ring (bicyclic) bond motifs is 5. The largest absolute Gasteiger partial charge is 0.509 e. The molecule has 3 heterocycles. The number of carboxylic acids is 5. The Hall–Kier alpha value is -10.7. The molecule has 9 atom stereocenters. The average Bonchev–Trinajstić information content (AvgIpc) is 1.62. The molecule has 0 saturated heterocycles. The standard InChI is InChI=1S/C68H78N10O22S3/c1-3-68(44-30-52-42-29-40-17-11-10-16-39(40)28-41(42)33-78(52)61(89)43(44)34-99-65(68)96)100-67(97)98-24-25-102-103-35-51(64(94)95)75-60(88)50(31-56(83)84)73-57(85)45(69)32-70-58(86)48(26-37-12-6-4-7-13-37)74-59(87)49(27-38-14-8-5-9-15-38)72-54(80)21-18-36(2)71-53(79)22-19-46(62(90)91)76-66(101)77-47(63(92)93)20-23-55(81)82/h4-17,28-30,36,45-51H,3,18-27,31-35,69H2,1-2H3,(H,70,86)(H,71,79)(H,72,80)(H,73,85)(H,74,87)(H,75,88)(H,81,82)(H,83,84)(H,90,91)(H,92,93)(H,94,95)(H2,76,77,101)/t36?,45-,46-,47-,48-,49-,50-,51-,68-/m0/s1. The number of carbonyl (C=O) groups excluding carboxylic acids is 8. The second-order valence-corrected chi connectivity index (χ2v) is 27.1. The molecule has 4 aromatic carbocycles. The summed E-state index contributed by atoms with van der Waals surface area (Å²) in [5, 5.41) is 69.0. The molecule has 0 aliphatic carbocycles. The number of nitrogens with one attached hydrogen (secondary N) is 8. The van der Waals surface area contributed by atoms with Crippen LogP contribution in [0.15, 0.2) is 108 Å². The molecule has 15 N–H and O–H groups in total. The maximum atomic E-state index is 14.3. The van der Waals surface area contributed by atoms with Crippen molar-refractivity contribution in [3.63, 3.8) is 0 Å². The predicted molar refractivity (Wildman–Crippen MR) is 375 cm³/mol. The van der Waals surface area contributed by atoms with Crippen LogP contribution in [0.5, 0.6) is 0 Å². The quantitative estimate of drug-likeness (QED) is 0.0113. The van der Waals surface area contributed by atoms with E-state index in [1.807, 2.05) is 36.4 Å². The number of nitrogens with zero attached hydrogens (tertiary/aromatic N) is 1. The second-order valence-electron chi connectivity index (χ2n) is 24.1. The highest BCUT2D eigenvalue weighted by molar-refractivity contribution is 8.76. The van der Waals surface area contributed by atoms with Gasteiger partial charge in [0.1, 0.15) is 55.5 Å². The van der Waals surface area contributed by atoms with Gasteiger partial charge >= 0.3 is 42.0 Å². The van der Waals surface area contributed by atoms with Crippen LogP contribution in [-0.4, -0.2) is 186 Å². The first-order chi connectivity index (χ1) is 49.0. The first-order valence-corrected chi connectivity index (χ1v) is 35.3. The lowest BCUT2D eigenvalue weighted by Crippen LogP contribution is -2.58. The van der Waals surface area contributed by atoms with Crippen molar-refractivity contribution < 1.29 is 102 Å². The Morgan fingerprint density at radius 1 is 0.621 bits per heavy atom. The molecule has 2 aliphatic heterocycles. The van der Waals surface area contributed by atoms with Crippen molar-refractivity contribution in [2.24, 2.45) is 5.73 Å². The van der Waals surface area contributed by atoms with Gasteiger partial charge in [-0.15, -0.1) is 0 Å². The average molecular weight is 1480 g/mol. The summed E-state index contributed by atoms with van der Waals surface area (Å²) in [4.78, 5) is 182. The highest BCUT2D eigenvalue weighted by Crippen LogP contribution is 2.42. The van der Waals surface area contributed by atoms with Gasteiger partial charge in [-0.3, -0.25) is 43.2 Å². The Kier molecular flexibility index (Phi) is 29.3. The molecule has 7 rings (SSSR count). The number of hydrogen-bond acceptors (Lipinski definition) is 21. The highest BCUT2D eigenvalue weighted by atomic mass is 33.1. The lowest BCUT2D eigenvalue weighted by molar-refractivity contribution is -0.175. The van der Waals surface area contributed by atoms with Crippen LogP contribution in [0.2, 0.25) is 0 Å². The zero-order valence-electron chi connectivity index (χ0n) is 55.7. The Morgan fingerprint density at radius 3 is 1.76 bits per heavy atom. The highest BCUT2D eigenvalue weighted by Gasteiger charge is 2.51. The number of benzene rings is 4. The van der Waals surface area contributed by atoms with E-state index in [1.165, 1.54) is 0 Å². The number of pyridine rings is 1. The maximum Gasteiger partial charge on any atom is 0.509 e. The van der Waals surface area contributed by atoms with Gasteiger partial charge in [0.25, 0.3) is 5.56 Å². The van der Waals surface area contributed by atoms with Gasteiger partial charge < -0.3 is 92.6 Å². The van der Waals surface area contributed by atoms with Crippen LogP contribution < -0.4 is 53.8 Å². The summed E-state index contributed by atoms with van der Waals surface area (Å²) in [6.07, 6.45) is -4.37. The summed E-state index contributed by atoms with van der Waals surface area (Å²) in [5.41, 5.74) is 7.42. The smallest absolute Gasteiger partial charge is 0.481 e. The van der Waals surface area contributed by atoms with Gasteiger partial charge in [0.2, 0.25) is 41.0 Å². The van der Waals surface area contributed by atoms with Crippen molar-refractivity contribution in [3.8, 4) is 11.3 Å². The van der Waals surface area contributed by atoms with Gasteiger partial charge in [-0.25, -0.2) is 24.0 Å². The third kappa shape index (κ3) is 22.9. The summed E-state index contributed by atoms with van der Waals surface area (Å²) in [5.74, 6) is -13.7. The third-order valence-electron chi connectivity index (χ3n) is 16.6. The van der Waals surface area contributed by atoms with E-state index in [4.69, 9.17) is 37.3 Å². The lowest BCUT2D eigenvalue weighted by Gasteiger charge is -2.35. The molecule has 6 amide bonds. The normalized spacial score (nSPS) is 15.7. The minimum atomic E-state index is -2.03. The summed E-state index contributed by atoms with van der Waals surface area (Å²) >= 11 is 5.04. The molecule has 5 aromatic rings. The molecule has 0 bridgehead atoms. The van der Waals surface area contributed by atoms with E-state index < -0.39 is 161 Å². The number of nitrogens with two attached hydrogens (primary N) is 1. The van der Waals surface area contributed by atoms with Crippen molar-refractivity contribution in [1.82, 2.24) is 47.1 Å². The molecule has 1 unspecified atom stereocenters. The number of cyclic esters (lactones) is 1. The molecule has 0 spiro atoms. The van der Waals surface area contributed by atoms with Crippen molar-refractivity contribution >= 4 is 127 Å². The van der Waals surface area contributed by atoms with Crippen LogP contribution in [0, 0.1) is 0 Å². The zero-order chi connectivity index (χ0) is 75.1. The zero-order valence-corrected chi connectivity index (χ0v) is 58.1. The predicted octanol–water partition coefficient (Wildman–Crippen LogP) is 1.95. The first-order valence-electron chi connectivity index (χ1n) is 32.4. The van der Waals surface area contributed by atoms with Crippen molar-refractivity contribution in [2.45, 2.75) is 145 Å². The van der Waals surface area contributed by atoms with Gasteiger partial charge in [-0.1, -0.05) is 113 Å². The molecular formula is C68H78N10O22S3. The number of thiocarbonyl (C=S) groups is 1. The fraction of sp³-hybridized carbons (Fsp3) is 0.397. The van der Waals surface area contributed by atoms with E-state index in [0.717, 1.165) is 43.5 Å². The van der Waals surface area contributed by atoms with Crippen LogP contribution in [0.4, 0.5) is 4.79 Å². The van der Waals surface area contributed by atoms with E-state index in [2.05, 4.69) is 42.5 Å². The first kappa shape index (κ1) is 79.7. The number of carboxylic acid groups (broad SMARTS) is 5. The van der Waals surface area contributed by atoms with Crippen molar-refractivity contribution in [3.05, 3.63) is 141 Å². The molecule has 35 heteroatoms. The number of esters is 1. The molecular weight excluding hydrogens is 1400 g/mol. The lowest BCUT2D eigenvalue weighted by atomic mass is 9.85. The molecule has 2 aliphatic rings. The van der Waals surface area contributed by atoms with E-state index >= 15 is 0 Å². The topological polar surface area (TPSA) is 495 Å². The van der Waals surface area contributed by atoms with E-state index in [-0.39, 0.29) is 93.8 Å². The van der Waals surface area contributed by atoms with E-state index in [1.54, 1.807) is 85.1 Å². The van der Waals surface area contributed by atoms with Crippen LogP contribution in [0.3, 0.4) is 0 Å². The minimum Gasteiger partial charge on any atom is -0.481 e. The van der Waals surface area contributed by atoms with Gasteiger partial charge in [0.05, 0.1) is 24.2 Å². The molecule has 0 saturated carbocycles. The van der Waals surface area contributed by atoms with Gasteiger partial charge in [-0.05, 0) is 90.5 Å². The number of amides is 6.